The lowest BCUT2D eigenvalue weighted by atomic mass is 10.1. The molecule has 0 spiro atoms. The third-order valence-corrected chi connectivity index (χ3v) is 2.89. The highest BCUT2D eigenvalue weighted by molar-refractivity contribution is 6.07. The lowest BCUT2D eigenvalue weighted by Gasteiger charge is -1.95. The number of carbonyl (C=O) groups is 1. The number of carbonyl (C=O) groups excluding carboxylic acids is 1. The zero-order valence-electron chi connectivity index (χ0n) is 10.8. The quantitative estimate of drug-likeness (QED) is 0.609. The van der Waals surface area contributed by atoms with Gasteiger partial charge < -0.3 is 0 Å². The van der Waals surface area contributed by atoms with E-state index in [1.807, 2.05) is 37.8 Å². The van der Waals surface area contributed by atoms with Crippen LogP contribution >= 0.6 is 0 Å². The first-order valence-electron chi connectivity index (χ1n) is 5.86. The summed E-state index contributed by atoms with van der Waals surface area (Å²) in [5.74, 6) is -0.0494. The summed E-state index contributed by atoms with van der Waals surface area (Å²) in [5.41, 5.74) is 2.28. The Morgan fingerprint density at radius 2 is 2.28 bits per heavy atom. The number of nitrogens with zero attached hydrogens (tertiary/aromatic N) is 4. The lowest BCUT2D eigenvalue weighted by Crippen LogP contribution is -1.98. The molecule has 0 fully saturated rings. The van der Waals surface area contributed by atoms with Crippen LogP contribution in [-0.2, 0) is 13.6 Å². The van der Waals surface area contributed by atoms with Crippen molar-refractivity contribution < 1.29 is 4.79 Å². The van der Waals surface area contributed by atoms with Crippen molar-refractivity contribution in [3.8, 4) is 0 Å². The highest BCUT2D eigenvalue weighted by atomic mass is 16.1. The van der Waals surface area contributed by atoms with Gasteiger partial charge >= 0.3 is 0 Å². The van der Waals surface area contributed by atoms with E-state index in [0.717, 1.165) is 17.9 Å². The topological polar surface area (TPSA) is 52.7 Å². The first kappa shape index (κ1) is 12.3. The summed E-state index contributed by atoms with van der Waals surface area (Å²) in [5, 5.41) is 8.33. The number of ketones is 1. The Morgan fingerprint density at radius 3 is 2.83 bits per heavy atom. The van der Waals surface area contributed by atoms with Gasteiger partial charge in [0.2, 0.25) is 0 Å². The monoisotopic (exact) mass is 244 g/mol. The molecule has 0 N–H and O–H groups in total. The number of aryl methyl sites for hydroxylation is 2. The van der Waals surface area contributed by atoms with E-state index in [-0.39, 0.29) is 5.78 Å². The van der Waals surface area contributed by atoms with Crippen molar-refractivity contribution >= 4 is 11.9 Å². The van der Waals surface area contributed by atoms with E-state index in [1.54, 1.807) is 17.0 Å². The van der Waals surface area contributed by atoms with Crippen LogP contribution in [0.5, 0.6) is 0 Å². The molecule has 0 unspecified atom stereocenters. The first-order valence-corrected chi connectivity index (χ1v) is 5.86. The van der Waals surface area contributed by atoms with E-state index in [4.69, 9.17) is 0 Å². The molecule has 18 heavy (non-hydrogen) atoms. The van der Waals surface area contributed by atoms with E-state index in [1.165, 1.54) is 6.08 Å². The van der Waals surface area contributed by atoms with Crippen molar-refractivity contribution in [1.29, 1.82) is 0 Å². The number of hydrogen-bond donors (Lipinski definition) is 0. The Morgan fingerprint density at radius 1 is 1.50 bits per heavy atom. The highest BCUT2D eigenvalue weighted by Crippen LogP contribution is 2.08. The Labute approximate surface area is 106 Å². The van der Waals surface area contributed by atoms with Gasteiger partial charge in [-0.3, -0.25) is 14.2 Å². The summed E-state index contributed by atoms with van der Waals surface area (Å²) >= 11 is 0. The molecule has 0 radical (unpaired) electrons. The maximum Gasteiger partial charge on any atom is 0.189 e. The van der Waals surface area contributed by atoms with E-state index in [2.05, 4.69) is 10.2 Å². The summed E-state index contributed by atoms with van der Waals surface area (Å²) in [4.78, 5) is 12.0. The number of hydrogen-bond acceptors (Lipinski definition) is 3. The first-order chi connectivity index (χ1) is 8.61. The Hall–Kier alpha value is -2.17. The second-order valence-corrected chi connectivity index (χ2v) is 4.06. The van der Waals surface area contributed by atoms with Crippen LogP contribution in [0.3, 0.4) is 0 Å². The van der Waals surface area contributed by atoms with Crippen LogP contribution in [0, 0.1) is 6.92 Å². The molecule has 0 aliphatic heterocycles. The Balaban J connectivity index is 2.14. The molecule has 0 aromatic carbocycles. The molecule has 2 aromatic rings. The number of rotatable bonds is 4. The molecule has 0 saturated carbocycles. The fourth-order valence-electron chi connectivity index (χ4n) is 1.63. The summed E-state index contributed by atoms with van der Waals surface area (Å²) in [6.45, 7) is 4.72. The number of aromatic nitrogens is 4. The molecule has 0 bridgehead atoms. The van der Waals surface area contributed by atoms with Crippen LogP contribution in [-0.4, -0.2) is 25.3 Å². The average Bonchev–Trinajstić information content (AvgIpc) is 2.95. The van der Waals surface area contributed by atoms with Gasteiger partial charge in [0.25, 0.3) is 0 Å². The molecule has 0 aliphatic rings. The molecule has 0 amide bonds. The van der Waals surface area contributed by atoms with Gasteiger partial charge in [-0.25, -0.2) is 0 Å². The zero-order chi connectivity index (χ0) is 13.1. The summed E-state index contributed by atoms with van der Waals surface area (Å²) in [7, 11) is 1.82. The van der Waals surface area contributed by atoms with Crippen molar-refractivity contribution in [1.82, 2.24) is 19.6 Å². The molecule has 2 heterocycles. The van der Waals surface area contributed by atoms with E-state index in [0.29, 0.717) is 5.56 Å². The molecule has 2 rings (SSSR count). The van der Waals surface area contributed by atoms with Crippen LogP contribution in [0.25, 0.3) is 6.08 Å². The normalized spacial score (nSPS) is 11.3. The summed E-state index contributed by atoms with van der Waals surface area (Å²) in [6.07, 6.45) is 6.74. The molecule has 0 atom stereocenters. The molecule has 0 aliphatic carbocycles. The Kier molecular flexibility index (Phi) is 3.41. The van der Waals surface area contributed by atoms with Crippen LogP contribution in [0.2, 0.25) is 0 Å². The fraction of sp³-hybridized carbons (Fsp3) is 0.308. The van der Waals surface area contributed by atoms with Gasteiger partial charge in [0.1, 0.15) is 0 Å². The molecule has 5 nitrogen and oxygen atoms in total. The molecule has 0 saturated heterocycles. The van der Waals surface area contributed by atoms with Crippen molar-refractivity contribution in [2.45, 2.75) is 20.4 Å². The molecular formula is C13H16N4O. The Bertz CT molecular complexity index is 592. The minimum absolute atomic E-state index is 0.0494. The minimum Gasteiger partial charge on any atom is -0.289 e. The van der Waals surface area contributed by atoms with Crippen molar-refractivity contribution in [3.05, 3.63) is 41.5 Å². The van der Waals surface area contributed by atoms with Crippen LogP contribution in [0.4, 0.5) is 0 Å². The maximum absolute atomic E-state index is 12.0. The van der Waals surface area contributed by atoms with E-state index in [9.17, 15) is 4.79 Å². The van der Waals surface area contributed by atoms with Crippen molar-refractivity contribution in [2.75, 3.05) is 0 Å². The standard InChI is InChI=1S/C13H16N4O/c1-4-17-8-7-11(15-17)5-6-13(18)12-9-14-16(3)10(12)2/h5-9H,4H2,1-3H3/b6-5+. The van der Waals surface area contributed by atoms with Gasteiger partial charge in [0, 0.05) is 25.5 Å². The maximum atomic E-state index is 12.0. The van der Waals surface area contributed by atoms with Gasteiger partial charge in [-0.15, -0.1) is 0 Å². The summed E-state index contributed by atoms with van der Waals surface area (Å²) in [6, 6.07) is 1.88. The third kappa shape index (κ3) is 2.40. The zero-order valence-corrected chi connectivity index (χ0v) is 10.8. The highest BCUT2D eigenvalue weighted by Gasteiger charge is 2.09. The predicted molar refractivity (Wildman–Crippen MR) is 69.2 cm³/mol. The van der Waals surface area contributed by atoms with Gasteiger partial charge in [0.05, 0.1) is 17.5 Å². The average molecular weight is 244 g/mol. The van der Waals surface area contributed by atoms with Crippen LogP contribution in [0.1, 0.15) is 28.7 Å². The fourth-order valence-corrected chi connectivity index (χ4v) is 1.63. The molecular weight excluding hydrogens is 228 g/mol. The molecule has 94 valence electrons. The largest absolute Gasteiger partial charge is 0.289 e. The smallest absolute Gasteiger partial charge is 0.189 e. The molecule has 2 aromatic heterocycles. The van der Waals surface area contributed by atoms with E-state index < -0.39 is 0 Å². The molecule has 5 heteroatoms. The van der Waals surface area contributed by atoms with Gasteiger partial charge in [-0.2, -0.15) is 10.2 Å². The van der Waals surface area contributed by atoms with Crippen LogP contribution < -0.4 is 0 Å². The van der Waals surface area contributed by atoms with Crippen LogP contribution in [0.15, 0.2) is 24.5 Å². The third-order valence-electron chi connectivity index (χ3n) is 2.89. The lowest BCUT2D eigenvalue weighted by molar-refractivity contribution is 0.104. The number of allylic oxidation sites excluding steroid dienone is 1. The van der Waals surface area contributed by atoms with Crippen molar-refractivity contribution in [3.63, 3.8) is 0 Å². The SMILES string of the molecule is CCn1ccc(/C=C/C(=O)c2cnn(C)c2C)n1. The predicted octanol–water partition coefficient (Wildman–Crippen LogP) is 1.84. The second-order valence-electron chi connectivity index (χ2n) is 4.06. The minimum atomic E-state index is -0.0494. The van der Waals surface area contributed by atoms with Crippen molar-refractivity contribution in [2.24, 2.45) is 7.05 Å². The van der Waals surface area contributed by atoms with Gasteiger partial charge in [-0.05, 0) is 32.1 Å². The van der Waals surface area contributed by atoms with E-state index >= 15 is 0 Å². The van der Waals surface area contributed by atoms with Gasteiger partial charge in [0.15, 0.2) is 5.78 Å². The summed E-state index contributed by atoms with van der Waals surface area (Å²) < 4.78 is 3.51. The second kappa shape index (κ2) is 5.00. The van der Waals surface area contributed by atoms with Gasteiger partial charge in [-0.1, -0.05) is 0 Å².